The van der Waals surface area contributed by atoms with E-state index in [1.165, 1.54) is 12.1 Å². The Morgan fingerprint density at radius 3 is 2.70 bits per heavy atom. The molecule has 0 amide bonds. The van der Waals surface area contributed by atoms with Crippen molar-refractivity contribution >= 4 is 38.7 Å². The molecule has 0 atom stereocenters. The van der Waals surface area contributed by atoms with E-state index in [-0.39, 0.29) is 5.82 Å². The molecule has 3 nitrogen and oxygen atoms in total. The number of pyridine rings is 1. The summed E-state index contributed by atoms with van der Waals surface area (Å²) in [5, 5.41) is 0. The molecule has 1 aromatic carbocycles. The largest absolute Gasteiger partial charge is 0.307 e. The van der Waals surface area contributed by atoms with Crippen LogP contribution >= 0.6 is 27.5 Å². The molecule has 0 saturated carbocycles. The van der Waals surface area contributed by atoms with E-state index in [1.807, 2.05) is 10.6 Å². The smallest absolute Gasteiger partial charge is 0.160 e. The normalized spacial score (nSPS) is 11.2. The van der Waals surface area contributed by atoms with E-state index in [9.17, 15) is 4.39 Å². The minimum Gasteiger partial charge on any atom is -0.307 e. The van der Waals surface area contributed by atoms with Crippen molar-refractivity contribution in [2.75, 3.05) is 0 Å². The van der Waals surface area contributed by atoms with E-state index < -0.39 is 0 Å². The van der Waals surface area contributed by atoms with Crippen LogP contribution in [0.2, 0.25) is 0 Å². The number of alkyl halides is 1. The molecule has 2 aromatic heterocycles. The predicted molar refractivity (Wildman–Crippen MR) is 80.3 cm³/mol. The molecule has 0 bridgehead atoms. The number of aromatic nitrogens is 3. The summed E-state index contributed by atoms with van der Waals surface area (Å²) in [5.74, 6) is 0.801. The Balaban J connectivity index is 2.07. The van der Waals surface area contributed by atoms with Crippen LogP contribution in [0.3, 0.4) is 0 Å². The molecular formula is C14H10BrClFN3. The first-order chi connectivity index (χ1) is 9.67. The molecule has 0 spiro atoms. The molecular weight excluding hydrogens is 345 g/mol. The van der Waals surface area contributed by atoms with Gasteiger partial charge in [0.15, 0.2) is 5.65 Å². The van der Waals surface area contributed by atoms with Crippen molar-refractivity contribution in [3.8, 4) is 0 Å². The van der Waals surface area contributed by atoms with Crippen LogP contribution < -0.4 is 0 Å². The van der Waals surface area contributed by atoms with Gasteiger partial charge >= 0.3 is 0 Å². The van der Waals surface area contributed by atoms with Gasteiger partial charge in [-0.3, -0.25) is 0 Å². The summed E-state index contributed by atoms with van der Waals surface area (Å²) in [6, 6.07) is 8.29. The molecule has 3 rings (SSSR count). The quantitative estimate of drug-likeness (QED) is 0.662. The Labute approximate surface area is 128 Å². The lowest BCUT2D eigenvalue weighted by molar-refractivity contribution is 0.626. The highest BCUT2D eigenvalue weighted by Crippen LogP contribution is 2.20. The maximum atomic E-state index is 13.0. The number of hydrogen-bond donors (Lipinski definition) is 0. The summed E-state index contributed by atoms with van der Waals surface area (Å²) in [6.07, 6.45) is 1.73. The zero-order valence-electron chi connectivity index (χ0n) is 10.4. The summed E-state index contributed by atoms with van der Waals surface area (Å²) >= 11 is 9.33. The number of nitrogens with zero attached hydrogens (tertiary/aromatic N) is 3. The minimum atomic E-state index is -0.246. The maximum absolute atomic E-state index is 13.0. The van der Waals surface area contributed by atoms with Crippen molar-refractivity contribution in [1.29, 1.82) is 0 Å². The zero-order chi connectivity index (χ0) is 14.1. The van der Waals surface area contributed by atoms with Crippen molar-refractivity contribution in [3.63, 3.8) is 0 Å². The first-order valence-corrected chi connectivity index (χ1v) is 7.31. The van der Waals surface area contributed by atoms with Gasteiger partial charge in [0, 0.05) is 10.7 Å². The number of imidazole rings is 1. The SMILES string of the molecule is Fc1ccc(Cn2c(CCl)nc3cc(Br)cnc32)cc1. The van der Waals surface area contributed by atoms with Crippen molar-refractivity contribution in [1.82, 2.24) is 14.5 Å². The van der Waals surface area contributed by atoms with Crippen LogP contribution in [0.25, 0.3) is 11.2 Å². The number of halogens is 3. The van der Waals surface area contributed by atoms with Crippen LogP contribution in [0.15, 0.2) is 41.0 Å². The molecule has 0 aliphatic rings. The molecule has 6 heteroatoms. The fourth-order valence-corrected chi connectivity index (χ4v) is 2.60. The Kier molecular flexibility index (Phi) is 3.72. The zero-order valence-corrected chi connectivity index (χ0v) is 12.7. The van der Waals surface area contributed by atoms with Crippen LogP contribution in [0, 0.1) is 5.82 Å². The molecule has 0 unspecified atom stereocenters. The van der Waals surface area contributed by atoms with Gasteiger partial charge in [-0.15, -0.1) is 11.6 Å². The Hall–Kier alpha value is -1.46. The maximum Gasteiger partial charge on any atom is 0.160 e. The van der Waals surface area contributed by atoms with Crippen LogP contribution in [-0.4, -0.2) is 14.5 Å². The molecule has 20 heavy (non-hydrogen) atoms. The third-order valence-electron chi connectivity index (χ3n) is 3.00. The monoisotopic (exact) mass is 353 g/mol. The molecule has 0 aliphatic carbocycles. The molecule has 0 radical (unpaired) electrons. The second kappa shape index (κ2) is 5.50. The second-order valence-electron chi connectivity index (χ2n) is 4.37. The lowest BCUT2D eigenvalue weighted by atomic mass is 10.2. The van der Waals surface area contributed by atoms with Crippen molar-refractivity contribution < 1.29 is 4.39 Å². The standard InChI is InChI=1S/C14H10BrClFN3/c15-10-5-12-14(18-7-10)20(13(6-16)19-12)8-9-1-3-11(17)4-2-9/h1-5,7H,6,8H2. The third-order valence-corrected chi connectivity index (χ3v) is 3.68. The lowest BCUT2D eigenvalue weighted by Crippen LogP contribution is -2.04. The minimum absolute atomic E-state index is 0.246. The average molecular weight is 355 g/mol. The van der Waals surface area contributed by atoms with Gasteiger partial charge in [-0.25, -0.2) is 14.4 Å². The van der Waals surface area contributed by atoms with E-state index >= 15 is 0 Å². The molecule has 0 N–H and O–H groups in total. The van der Waals surface area contributed by atoms with Gasteiger partial charge in [0.1, 0.15) is 17.2 Å². The van der Waals surface area contributed by atoms with E-state index in [1.54, 1.807) is 18.3 Å². The molecule has 102 valence electrons. The van der Waals surface area contributed by atoms with Gasteiger partial charge < -0.3 is 4.57 Å². The fourth-order valence-electron chi connectivity index (χ4n) is 2.07. The topological polar surface area (TPSA) is 30.7 Å². The summed E-state index contributed by atoms with van der Waals surface area (Å²) in [4.78, 5) is 8.85. The van der Waals surface area contributed by atoms with E-state index in [4.69, 9.17) is 11.6 Å². The van der Waals surface area contributed by atoms with Crippen LogP contribution in [-0.2, 0) is 12.4 Å². The highest BCUT2D eigenvalue weighted by atomic mass is 79.9. The van der Waals surface area contributed by atoms with E-state index in [0.717, 1.165) is 27.0 Å². The Bertz CT molecular complexity index is 755. The number of rotatable bonds is 3. The van der Waals surface area contributed by atoms with Gasteiger partial charge in [0.05, 0.1) is 12.4 Å². The van der Waals surface area contributed by atoms with E-state index in [2.05, 4.69) is 25.9 Å². The molecule has 0 fully saturated rings. The Morgan fingerprint density at radius 2 is 2.00 bits per heavy atom. The van der Waals surface area contributed by atoms with Gasteiger partial charge in [0.2, 0.25) is 0 Å². The van der Waals surface area contributed by atoms with E-state index in [0.29, 0.717) is 12.4 Å². The van der Waals surface area contributed by atoms with Gasteiger partial charge in [-0.1, -0.05) is 12.1 Å². The van der Waals surface area contributed by atoms with Crippen molar-refractivity contribution in [2.24, 2.45) is 0 Å². The van der Waals surface area contributed by atoms with Gasteiger partial charge in [-0.2, -0.15) is 0 Å². The first kappa shape index (κ1) is 13.5. The van der Waals surface area contributed by atoms with Crippen molar-refractivity contribution in [3.05, 3.63) is 58.2 Å². The van der Waals surface area contributed by atoms with Crippen LogP contribution in [0.5, 0.6) is 0 Å². The summed E-state index contributed by atoms with van der Waals surface area (Å²) in [6.45, 7) is 0.563. The van der Waals surface area contributed by atoms with Crippen molar-refractivity contribution in [2.45, 2.75) is 12.4 Å². The first-order valence-electron chi connectivity index (χ1n) is 5.98. The second-order valence-corrected chi connectivity index (χ2v) is 5.55. The summed E-state index contributed by atoms with van der Waals surface area (Å²) < 4.78 is 15.8. The highest BCUT2D eigenvalue weighted by molar-refractivity contribution is 9.10. The summed E-state index contributed by atoms with van der Waals surface area (Å²) in [7, 11) is 0. The predicted octanol–water partition coefficient (Wildman–Crippen LogP) is 4.12. The Morgan fingerprint density at radius 1 is 1.25 bits per heavy atom. The fraction of sp³-hybridized carbons (Fsp3) is 0.143. The summed E-state index contributed by atoms with van der Waals surface area (Å²) in [5.41, 5.74) is 2.53. The van der Waals surface area contributed by atoms with Gasteiger partial charge in [0.25, 0.3) is 0 Å². The lowest BCUT2D eigenvalue weighted by Gasteiger charge is -2.07. The number of fused-ring (bicyclic) bond motifs is 1. The molecule has 0 saturated heterocycles. The van der Waals surface area contributed by atoms with Crippen LogP contribution in [0.4, 0.5) is 4.39 Å². The van der Waals surface area contributed by atoms with Gasteiger partial charge in [-0.05, 0) is 39.7 Å². The third kappa shape index (κ3) is 2.55. The molecule has 3 aromatic rings. The number of benzene rings is 1. The highest BCUT2D eigenvalue weighted by Gasteiger charge is 2.12. The molecule has 2 heterocycles. The number of hydrogen-bond acceptors (Lipinski definition) is 2. The average Bonchev–Trinajstić information content (AvgIpc) is 2.78. The molecule has 0 aliphatic heterocycles. The van der Waals surface area contributed by atoms with Crippen LogP contribution in [0.1, 0.15) is 11.4 Å².